The van der Waals surface area contributed by atoms with Crippen LogP contribution in [0.5, 0.6) is 28.7 Å². The molecule has 1 heterocycles. The van der Waals surface area contributed by atoms with Crippen molar-refractivity contribution in [1.82, 2.24) is 0 Å². The molecule has 0 saturated carbocycles. The summed E-state index contributed by atoms with van der Waals surface area (Å²) in [5.41, 5.74) is 1.71. The predicted molar refractivity (Wildman–Crippen MR) is 175 cm³/mol. The van der Waals surface area contributed by atoms with E-state index >= 15 is 0 Å². The van der Waals surface area contributed by atoms with Gasteiger partial charge in [0.2, 0.25) is 11.2 Å². The van der Waals surface area contributed by atoms with Crippen molar-refractivity contribution in [3.63, 3.8) is 0 Å². The molecule has 0 N–H and O–H groups in total. The third-order valence-corrected chi connectivity index (χ3v) is 7.27. The standard InChI is InChI=1S/C36H52O7/c1-7-12-19-38-27-24-30(40-21-14-9-3)32-31(25-27)43-35(36(33(32)37)42-23-16-11-5)28-17-18-29(39-20-13-8-2)34(26(28)6)41-22-15-10-4/h17-18,24-25H,7-16,19-23H2,1-6H3. The fourth-order valence-corrected chi connectivity index (χ4v) is 4.58. The van der Waals surface area contributed by atoms with E-state index in [1.54, 1.807) is 12.1 Å². The van der Waals surface area contributed by atoms with Gasteiger partial charge in [0.1, 0.15) is 22.5 Å². The minimum Gasteiger partial charge on any atom is -0.493 e. The highest BCUT2D eigenvalue weighted by Crippen LogP contribution is 2.43. The van der Waals surface area contributed by atoms with E-state index in [0.29, 0.717) is 72.8 Å². The van der Waals surface area contributed by atoms with Crippen molar-refractivity contribution < 1.29 is 28.1 Å². The molecule has 0 aliphatic rings. The molecule has 0 bridgehead atoms. The second-order valence-corrected chi connectivity index (χ2v) is 11.0. The van der Waals surface area contributed by atoms with Crippen LogP contribution in [0.2, 0.25) is 0 Å². The zero-order valence-corrected chi connectivity index (χ0v) is 27.3. The van der Waals surface area contributed by atoms with Crippen LogP contribution in [0.4, 0.5) is 0 Å². The van der Waals surface area contributed by atoms with E-state index in [0.717, 1.165) is 75.3 Å². The van der Waals surface area contributed by atoms with Crippen molar-refractivity contribution in [3.05, 3.63) is 40.1 Å². The maximum atomic E-state index is 14.2. The Labute approximate surface area is 257 Å². The second kappa shape index (κ2) is 18.3. The van der Waals surface area contributed by atoms with E-state index in [4.69, 9.17) is 28.1 Å². The summed E-state index contributed by atoms with van der Waals surface area (Å²) in [5, 5.41) is 0.366. The molecule has 3 rings (SSSR count). The molecule has 0 saturated heterocycles. The average molecular weight is 597 g/mol. The van der Waals surface area contributed by atoms with Crippen LogP contribution in [0.3, 0.4) is 0 Å². The molecule has 0 spiro atoms. The van der Waals surface area contributed by atoms with Gasteiger partial charge >= 0.3 is 0 Å². The summed E-state index contributed by atoms with van der Waals surface area (Å²) >= 11 is 0. The number of hydrogen-bond acceptors (Lipinski definition) is 7. The number of hydrogen-bond donors (Lipinski definition) is 0. The summed E-state index contributed by atoms with van der Waals surface area (Å²) in [6.45, 7) is 15.2. The van der Waals surface area contributed by atoms with E-state index in [2.05, 4.69) is 34.6 Å². The van der Waals surface area contributed by atoms with Crippen LogP contribution >= 0.6 is 0 Å². The summed E-state index contributed by atoms with van der Waals surface area (Å²) in [4.78, 5) is 14.2. The van der Waals surface area contributed by atoms with E-state index in [9.17, 15) is 4.79 Å². The molecular formula is C36H52O7. The van der Waals surface area contributed by atoms with Crippen molar-refractivity contribution in [1.29, 1.82) is 0 Å². The highest BCUT2D eigenvalue weighted by Gasteiger charge is 2.25. The highest BCUT2D eigenvalue weighted by molar-refractivity contribution is 5.89. The zero-order chi connectivity index (χ0) is 31.0. The molecule has 7 heteroatoms. The molecule has 1 aromatic heterocycles. The van der Waals surface area contributed by atoms with Gasteiger partial charge in [-0.3, -0.25) is 4.79 Å². The van der Waals surface area contributed by atoms with Gasteiger partial charge in [-0.25, -0.2) is 0 Å². The Hall–Kier alpha value is -3.35. The molecule has 43 heavy (non-hydrogen) atoms. The molecular weight excluding hydrogens is 544 g/mol. The first-order valence-electron chi connectivity index (χ1n) is 16.4. The molecule has 0 aliphatic heterocycles. The Bertz CT molecular complexity index is 1330. The molecule has 0 aliphatic carbocycles. The van der Waals surface area contributed by atoms with Gasteiger partial charge in [-0.05, 0) is 51.2 Å². The highest BCUT2D eigenvalue weighted by atomic mass is 16.5. The first-order valence-corrected chi connectivity index (χ1v) is 16.4. The molecule has 0 unspecified atom stereocenters. The van der Waals surface area contributed by atoms with Crippen LogP contribution in [0.1, 0.15) is 104 Å². The number of unbranched alkanes of at least 4 members (excludes halogenated alkanes) is 5. The molecule has 0 atom stereocenters. The maximum Gasteiger partial charge on any atom is 0.239 e. The number of fused-ring (bicyclic) bond motifs is 1. The van der Waals surface area contributed by atoms with Crippen LogP contribution < -0.4 is 29.1 Å². The smallest absolute Gasteiger partial charge is 0.239 e. The maximum absolute atomic E-state index is 14.2. The fourth-order valence-electron chi connectivity index (χ4n) is 4.58. The monoisotopic (exact) mass is 596 g/mol. The van der Waals surface area contributed by atoms with Gasteiger partial charge in [-0.1, -0.05) is 66.7 Å². The lowest BCUT2D eigenvalue weighted by molar-refractivity contribution is 0.260. The SMILES string of the molecule is CCCCOc1cc(OCCCC)c2c(=O)c(OCCCC)c(-c3ccc(OCCCC)c(OCCCC)c3C)oc2c1. The number of rotatable bonds is 21. The molecule has 0 radical (unpaired) electrons. The largest absolute Gasteiger partial charge is 0.493 e. The fraction of sp³-hybridized carbons (Fsp3) is 0.583. The Morgan fingerprint density at radius 3 is 1.70 bits per heavy atom. The second-order valence-electron chi connectivity index (χ2n) is 11.0. The van der Waals surface area contributed by atoms with Crippen LogP contribution in [-0.2, 0) is 0 Å². The third kappa shape index (κ3) is 9.32. The first kappa shape index (κ1) is 34.1. The summed E-state index contributed by atoms with van der Waals surface area (Å²) < 4.78 is 37.4. The average Bonchev–Trinajstić information content (AvgIpc) is 3.00. The van der Waals surface area contributed by atoms with E-state index < -0.39 is 0 Å². The van der Waals surface area contributed by atoms with Gasteiger partial charge < -0.3 is 28.1 Å². The molecule has 0 fully saturated rings. The van der Waals surface area contributed by atoms with Crippen LogP contribution in [0.25, 0.3) is 22.3 Å². The molecule has 3 aromatic rings. The minimum absolute atomic E-state index is 0.184. The van der Waals surface area contributed by atoms with Crippen molar-refractivity contribution in [2.75, 3.05) is 33.0 Å². The minimum atomic E-state index is -0.255. The zero-order valence-electron chi connectivity index (χ0n) is 27.3. The molecule has 7 nitrogen and oxygen atoms in total. The van der Waals surface area contributed by atoms with Crippen molar-refractivity contribution >= 4 is 11.0 Å². The first-order chi connectivity index (χ1) is 21.0. The lowest BCUT2D eigenvalue weighted by Gasteiger charge is -2.19. The van der Waals surface area contributed by atoms with Gasteiger partial charge in [0.05, 0.1) is 33.0 Å². The number of ether oxygens (including phenoxy) is 5. The van der Waals surface area contributed by atoms with E-state index in [1.165, 1.54) is 0 Å². The van der Waals surface area contributed by atoms with Crippen molar-refractivity contribution in [3.8, 4) is 40.1 Å². The molecule has 2 aromatic carbocycles. The quantitative estimate of drug-likeness (QED) is 0.113. The van der Waals surface area contributed by atoms with Crippen LogP contribution in [-0.4, -0.2) is 33.0 Å². The predicted octanol–water partition coefficient (Wildman–Crippen LogP) is 9.66. The molecule has 0 amide bonds. The summed E-state index contributed by atoms with van der Waals surface area (Å²) in [6.07, 6.45) is 9.50. The van der Waals surface area contributed by atoms with E-state index in [1.807, 2.05) is 19.1 Å². The summed E-state index contributed by atoms with van der Waals surface area (Å²) in [6, 6.07) is 7.42. The van der Waals surface area contributed by atoms with Gasteiger partial charge in [0.25, 0.3) is 0 Å². The Morgan fingerprint density at radius 1 is 0.605 bits per heavy atom. The van der Waals surface area contributed by atoms with E-state index in [-0.39, 0.29) is 11.2 Å². The Kier molecular flexibility index (Phi) is 14.6. The van der Waals surface area contributed by atoms with Crippen LogP contribution in [0.15, 0.2) is 33.5 Å². The van der Waals surface area contributed by atoms with Gasteiger partial charge in [-0.15, -0.1) is 0 Å². The number of benzene rings is 2. The van der Waals surface area contributed by atoms with Gasteiger partial charge in [-0.2, -0.15) is 0 Å². The summed E-state index contributed by atoms with van der Waals surface area (Å²) in [7, 11) is 0. The lowest BCUT2D eigenvalue weighted by Crippen LogP contribution is -2.13. The van der Waals surface area contributed by atoms with Crippen molar-refractivity contribution in [2.24, 2.45) is 0 Å². The van der Waals surface area contributed by atoms with Crippen molar-refractivity contribution in [2.45, 2.75) is 106 Å². The third-order valence-electron chi connectivity index (χ3n) is 7.27. The Balaban J connectivity index is 2.24. The topological polar surface area (TPSA) is 76.4 Å². The van der Waals surface area contributed by atoms with Gasteiger partial charge in [0.15, 0.2) is 17.3 Å². The summed E-state index contributed by atoms with van der Waals surface area (Å²) in [5.74, 6) is 2.99. The Morgan fingerprint density at radius 2 is 1.12 bits per heavy atom. The molecule has 238 valence electrons. The van der Waals surface area contributed by atoms with Crippen LogP contribution in [0, 0.1) is 6.92 Å². The normalized spacial score (nSPS) is 11.1. The lowest BCUT2D eigenvalue weighted by atomic mass is 10.0. The van der Waals surface area contributed by atoms with Gasteiger partial charge in [0, 0.05) is 23.3 Å².